The first kappa shape index (κ1) is 12.3. The Kier molecular flexibility index (Phi) is 4.16. The van der Waals surface area contributed by atoms with Gasteiger partial charge in [0, 0.05) is 34.8 Å². The molecule has 88 valence electrons. The number of rotatable bonds is 3. The van der Waals surface area contributed by atoms with Crippen LogP contribution in [0.4, 0.5) is 5.69 Å². The summed E-state index contributed by atoms with van der Waals surface area (Å²) in [7, 11) is 2.00. The number of aryl methyl sites for hydroxylation is 1. The second-order valence-corrected chi connectivity index (χ2v) is 6.02. The van der Waals surface area contributed by atoms with E-state index in [2.05, 4.69) is 45.2 Å². The lowest BCUT2D eigenvalue weighted by molar-refractivity contribution is 0.729. The highest BCUT2D eigenvalue weighted by Crippen LogP contribution is 2.40. The van der Waals surface area contributed by atoms with Gasteiger partial charge in [-0.2, -0.15) is 0 Å². The van der Waals surface area contributed by atoms with Crippen LogP contribution in [0.15, 0.2) is 21.5 Å². The van der Waals surface area contributed by atoms with E-state index in [1.54, 1.807) is 0 Å². The summed E-state index contributed by atoms with van der Waals surface area (Å²) in [5.41, 5.74) is 2.70. The highest BCUT2D eigenvalue weighted by molar-refractivity contribution is 9.10. The fourth-order valence-corrected chi connectivity index (χ4v) is 4.10. The largest absolute Gasteiger partial charge is 0.368 e. The van der Waals surface area contributed by atoms with Crippen LogP contribution in [0.5, 0.6) is 0 Å². The molecule has 0 saturated carbocycles. The maximum atomic E-state index is 3.69. The molecule has 0 bridgehead atoms. The normalized spacial score (nSPS) is 15.1. The molecule has 16 heavy (non-hydrogen) atoms. The van der Waals surface area contributed by atoms with Crippen molar-refractivity contribution in [2.24, 2.45) is 0 Å². The van der Waals surface area contributed by atoms with E-state index < -0.39 is 0 Å². The number of hydrogen-bond acceptors (Lipinski definition) is 3. The Labute approximate surface area is 110 Å². The van der Waals surface area contributed by atoms with Gasteiger partial charge >= 0.3 is 0 Å². The summed E-state index contributed by atoms with van der Waals surface area (Å²) in [4.78, 5) is 3.88. The second-order valence-electron chi connectivity index (χ2n) is 4.03. The van der Waals surface area contributed by atoms with Gasteiger partial charge in [0.25, 0.3) is 0 Å². The lowest BCUT2D eigenvalue weighted by Crippen LogP contribution is -2.35. The molecule has 1 aromatic carbocycles. The van der Waals surface area contributed by atoms with Crippen molar-refractivity contribution in [2.45, 2.75) is 11.8 Å². The smallest absolute Gasteiger partial charge is 0.0649 e. The Morgan fingerprint density at radius 1 is 1.50 bits per heavy atom. The van der Waals surface area contributed by atoms with Crippen LogP contribution in [0.2, 0.25) is 0 Å². The van der Waals surface area contributed by atoms with Crippen LogP contribution in [0.3, 0.4) is 0 Å². The number of thioether (sulfide) groups is 1. The molecule has 0 fully saturated rings. The zero-order valence-corrected chi connectivity index (χ0v) is 12.1. The summed E-state index contributed by atoms with van der Waals surface area (Å²) < 4.78 is 1.23. The molecule has 0 amide bonds. The van der Waals surface area contributed by atoms with Crippen molar-refractivity contribution < 1.29 is 0 Å². The van der Waals surface area contributed by atoms with Gasteiger partial charge in [0.05, 0.1) is 5.69 Å². The lowest BCUT2D eigenvalue weighted by atomic mass is 10.2. The molecular weight excluding hydrogens is 284 g/mol. The molecule has 0 aromatic heterocycles. The molecule has 1 heterocycles. The van der Waals surface area contributed by atoms with E-state index in [4.69, 9.17) is 0 Å². The van der Waals surface area contributed by atoms with Crippen LogP contribution in [-0.2, 0) is 0 Å². The Hall–Kier alpha value is -0.190. The van der Waals surface area contributed by atoms with Crippen molar-refractivity contribution in [2.75, 3.05) is 37.3 Å². The number of nitrogens with one attached hydrogen (secondary N) is 1. The van der Waals surface area contributed by atoms with Gasteiger partial charge < -0.3 is 10.2 Å². The monoisotopic (exact) mass is 300 g/mol. The first-order valence-corrected chi connectivity index (χ1v) is 7.32. The van der Waals surface area contributed by atoms with E-state index in [9.17, 15) is 0 Å². The number of benzene rings is 1. The van der Waals surface area contributed by atoms with Crippen molar-refractivity contribution in [1.82, 2.24) is 5.32 Å². The van der Waals surface area contributed by atoms with Gasteiger partial charge in [-0.25, -0.2) is 0 Å². The lowest BCUT2D eigenvalue weighted by Gasteiger charge is -2.32. The number of nitrogens with zero attached hydrogens (tertiary/aromatic N) is 1. The number of anilines is 1. The average molecular weight is 301 g/mol. The molecule has 0 spiro atoms. The summed E-state index contributed by atoms with van der Waals surface area (Å²) >= 11 is 5.65. The topological polar surface area (TPSA) is 15.3 Å². The van der Waals surface area contributed by atoms with Gasteiger partial charge in [0.2, 0.25) is 0 Å². The Balaban J connectivity index is 2.30. The molecular formula is C12H17BrN2S. The molecule has 0 radical (unpaired) electrons. The Morgan fingerprint density at radius 3 is 3.06 bits per heavy atom. The minimum atomic E-state index is 1.03. The predicted octanol–water partition coefficient (Wildman–Crippen LogP) is 2.89. The molecule has 0 aliphatic carbocycles. The van der Waals surface area contributed by atoms with E-state index in [1.165, 1.54) is 26.4 Å². The van der Waals surface area contributed by atoms with Crippen molar-refractivity contribution in [3.8, 4) is 0 Å². The molecule has 1 aliphatic rings. The highest BCUT2D eigenvalue weighted by atomic mass is 79.9. The second kappa shape index (κ2) is 5.43. The molecule has 2 nitrogen and oxygen atoms in total. The summed E-state index contributed by atoms with van der Waals surface area (Å²) in [6.07, 6.45) is 0. The van der Waals surface area contributed by atoms with E-state index in [0.29, 0.717) is 0 Å². The van der Waals surface area contributed by atoms with Crippen LogP contribution in [0.1, 0.15) is 5.56 Å². The number of hydrogen-bond donors (Lipinski definition) is 1. The first-order chi connectivity index (χ1) is 7.72. The van der Waals surface area contributed by atoms with Crippen LogP contribution < -0.4 is 10.2 Å². The van der Waals surface area contributed by atoms with Crippen LogP contribution in [0, 0.1) is 6.92 Å². The fourth-order valence-electron chi connectivity index (χ4n) is 1.97. The Bertz CT molecular complexity index is 382. The SMILES string of the molecule is CNCCN1CCSc2cc(C)cc(Br)c21. The average Bonchev–Trinajstić information content (AvgIpc) is 2.25. The summed E-state index contributed by atoms with van der Waals surface area (Å²) in [6.45, 7) is 5.40. The molecule has 0 atom stereocenters. The number of fused-ring (bicyclic) bond motifs is 1. The maximum Gasteiger partial charge on any atom is 0.0649 e. The molecule has 2 rings (SSSR count). The maximum absolute atomic E-state index is 3.69. The zero-order chi connectivity index (χ0) is 11.5. The molecule has 1 aliphatic heterocycles. The third-order valence-electron chi connectivity index (χ3n) is 2.74. The van der Waals surface area contributed by atoms with E-state index in [1.807, 2.05) is 18.8 Å². The third-order valence-corrected chi connectivity index (χ3v) is 4.35. The number of halogens is 1. The molecule has 4 heteroatoms. The minimum absolute atomic E-state index is 1.03. The van der Waals surface area contributed by atoms with Crippen molar-refractivity contribution in [1.29, 1.82) is 0 Å². The molecule has 0 unspecified atom stereocenters. The van der Waals surface area contributed by atoms with Gasteiger partial charge in [0.1, 0.15) is 0 Å². The third kappa shape index (κ3) is 2.55. The summed E-state index contributed by atoms with van der Waals surface area (Å²) in [5, 5.41) is 3.21. The molecule has 0 saturated heterocycles. The standard InChI is InChI=1S/C12H17BrN2S/c1-9-7-10(13)12-11(8-9)16-6-5-15(12)4-3-14-2/h7-8,14H,3-6H2,1-2H3. The summed E-state index contributed by atoms with van der Waals surface area (Å²) in [5.74, 6) is 1.19. The van der Waals surface area contributed by atoms with Crippen molar-refractivity contribution in [3.05, 3.63) is 22.2 Å². The van der Waals surface area contributed by atoms with Gasteiger partial charge in [-0.1, -0.05) is 0 Å². The van der Waals surface area contributed by atoms with E-state index >= 15 is 0 Å². The summed E-state index contributed by atoms with van der Waals surface area (Å²) in [6, 6.07) is 4.49. The van der Waals surface area contributed by atoms with Crippen LogP contribution in [0.25, 0.3) is 0 Å². The number of likely N-dealkylation sites (N-methyl/N-ethyl adjacent to an activating group) is 1. The Morgan fingerprint density at radius 2 is 2.31 bits per heavy atom. The van der Waals surface area contributed by atoms with Crippen LogP contribution in [-0.4, -0.2) is 32.4 Å². The first-order valence-electron chi connectivity index (χ1n) is 5.55. The fraction of sp³-hybridized carbons (Fsp3) is 0.500. The van der Waals surface area contributed by atoms with Crippen molar-refractivity contribution >= 4 is 33.4 Å². The van der Waals surface area contributed by atoms with E-state index in [0.717, 1.165) is 19.6 Å². The highest BCUT2D eigenvalue weighted by Gasteiger charge is 2.19. The van der Waals surface area contributed by atoms with Gasteiger partial charge in [0.15, 0.2) is 0 Å². The molecule has 1 aromatic rings. The predicted molar refractivity (Wildman–Crippen MR) is 75.7 cm³/mol. The molecule has 1 N–H and O–H groups in total. The van der Waals surface area contributed by atoms with Crippen LogP contribution >= 0.6 is 27.7 Å². The quantitative estimate of drug-likeness (QED) is 0.924. The minimum Gasteiger partial charge on any atom is -0.368 e. The van der Waals surface area contributed by atoms with Crippen molar-refractivity contribution in [3.63, 3.8) is 0 Å². The van der Waals surface area contributed by atoms with Gasteiger partial charge in [-0.3, -0.25) is 0 Å². The van der Waals surface area contributed by atoms with Gasteiger partial charge in [-0.05, 0) is 47.6 Å². The van der Waals surface area contributed by atoms with Gasteiger partial charge in [-0.15, -0.1) is 11.8 Å². The van der Waals surface area contributed by atoms with E-state index in [-0.39, 0.29) is 0 Å². The zero-order valence-electron chi connectivity index (χ0n) is 9.72.